The molecule has 0 aliphatic rings. The monoisotopic (exact) mass is 432 g/mol. The van der Waals surface area contributed by atoms with E-state index < -0.39 is 0 Å². The van der Waals surface area contributed by atoms with Crippen LogP contribution in [-0.2, 0) is 12.8 Å². The minimum absolute atomic E-state index is 0.154. The van der Waals surface area contributed by atoms with E-state index in [1.165, 1.54) is 17.8 Å². The fourth-order valence-electron chi connectivity index (χ4n) is 3.06. The van der Waals surface area contributed by atoms with Gasteiger partial charge < -0.3 is 9.88 Å². The highest BCUT2D eigenvalue weighted by molar-refractivity contribution is 7.98. The van der Waals surface area contributed by atoms with Gasteiger partial charge in [0.1, 0.15) is 5.82 Å². The number of aromatic nitrogens is 3. The molecule has 1 aromatic heterocycles. The highest BCUT2D eigenvalue weighted by Crippen LogP contribution is 2.26. The Morgan fingerprint density at radius 2 is 1.71 bits per heavy atom. The summed E-state index contributed by atoms with van der Waals surface area (Å²) >= 11 is 1.43. The standard InChI is InChI=1S/C24H21FN4OS/c1-16-7-9-18(10-8-16)23(30)26-20-13-11-17(12-14-20)22-27-28-24(29(22)2)31-15-19-5-3-4-6-21(19)25/h3-14H,15H2,1-2H3,(H,26,30). The normalized spacial score (nSPS) is 10.8. The zero-order valence-corrected chi connectivity index (χ0v) is 18.0. The number of rotatable bonds is 6. The van der Waals surface area contributed by atoms with Crippen LogP contribution >= 0.6 is 11.8 Å². The van der Waals surface area contributed by atoms with Gasteiger partial charge in [0, 0.05) is 29.6 Å². The van der Waals surface area contributed by atoms with Crippen molar-refractivity contribution in [3.05, 3.63) is 95.3 Å². The number of halogens is 1. The minimum Gasteiger partial charge on any atom is -0.322 e. The van der Waals surface area contributed by atoms with Crippen LogP contribution in [0, 0.1) is 12.7 Å². The van der Waals surface area contributed by atoms with Crippen molar-refractivity contribution in [1.82, 2.24) is 14.8 Å². The lowest BCUT2D eigenvalue weighted by molar-refractivity contribution is 0.102. The summed E-state index contributed by atoms with van der Waals surface area (Å²) < 4.78 is 15.7. The lowest BCUT2D eigenvalue weighted by Crippen LogP contribution is -2.11. The van der Waals surface area contributed by atoms with Crippen LogP contribution in [0.3, 0.4) is 0 Å². The lowest BCUT2D eigenvalue weighted by atomic mass is 10.1. The van der Waals surface area contributed by atoms with Crippen LogP contribution < -0.4 is 5.32 Å². The van der Waals surface area contributed by atoms with Gasteiger partial charge in [-0.05, 0) is 55.0 Å². The summed E-state index contributed by atoms with van der Waals surface area (Å²) in [5, 5.41) is 12.1. The third kappa shape index (κ3) is 4.83. The van der Waals surface area contributed by atoms with Crippen molar-refractivity contribution in [2.24, 2.45) is 7.05 Å². The number of carbonyl (C=O) groups excluding carboxylic acids is 1. The van der Waals surface area contributed by atoms with Crippen molar-refractivity contribution >= 4 is 23.4 Å². The summed E-state index contributed by atoms with van der Waals surface area (Å²) in [6, 6.07) is 21.6. The highest BCUT2D eigenvalue weighted by atomic mass is 32.2. The summed E-state index contributed by atoms with van der Waals surface area (Å²) in [6.07, 6.45) is 0. The molecule has 4 aromatic rings. The van der Waals surface area contributed by atoms with Gasteiger partial charge in [-0.2, -0.15) is 0 Å². The Morgan fingerprint density at radius 1 is 1.00 bits per heavy atom. The second-order valence-electron chi connectivity index (χ2n) is 7.14. The number of aryl methyl sites for hydroxylation is 1. The van der Waals surface area contributed by atoms with Crippen LogP contribution in [0.1, 0.15) is 21.5 Å². The summed E-state index contributed by atoms with van der Waals surface area (Å²) in [5.41, 5.74) is 3.92. The average molecular weight is 433 g/mol. The first-order chi connectivity index (χ1) is 15.0. The Morgan fingerprint density at radius 3 is 2.42 bits per heavy atom. The number of nitrogens with zero attached hydrogens (tertiary/aromatic N) is 3. The molecule has 156 valence electrons. The van der Waals surface area contributed by atoms with Gasteiger partial charge in [-0.25, -0.2) is 4.39 Å². The molecule has 0 bridgehead atoms. The molecule has 0 saturated heterocycles. The van der Waals surface area contributed by atoms with Gasteiger partial charge in [0.05, 0.1) is 0 Å². The predicted molar refractivity (Wildman–Crippen MR) is 122 cm³/mol. The molecule has 0 aliphatic carbocycles. The van der Waals surface area contributed by atoms with Crippen molar-refractivity contribution in [3.8, 4) is 11.4 Å². The molecule has 1 heterocycles. The fourth-order valence-corrected chi connectivity index (χ4v) is 3.96. The van der Waals surface area contributed by atoms with E-state index in [2.05, 4.69) is 15.5 Å². The number of thioether (sulfide) groups is 1. The van der Waals surface area contributed by atoms with Gasteiger partial charge in [-0.3, -0.25) is 4.79 Å². The van der Waals surface area contributed by atoms with Crippen molar-refractivity contribution < 1.29 is 9.18 Å². The number of anilines is 1. The van der Waals surface area contributed by atoms with Crippen LogP contribution in [0.25, 0.3) is 11.4 Å². The van der Waals surface area contributed by atoms with Crippen molar-refractivity contribution in [1.29, 1.82) is 0 Å². The topological polar surface area (TPSA) is 59.8 Å². The van der Waals surface area contributed by atoms with Crippen molar-refractivity contribution in [2.45, 2.75) is 17.8 Å². The van der Waals surface area contributed by atoms with Crippen LogP contribution in [-0.4, -0.2) is 20.7 Å². The maximum absolute atomic E-state index is 13.8. The van der Waals surface area contributed by atoms with Gasteiger partial charge in [0.25, 0.3) is 5.91 Å². The quantitative estimate of drug-likeness (QED) is 0.410. The Labute approximate surface area is 184 Å². The lowest BCUT2D eigenvalue weighted by Gasteiger charge is -2.08. The molecular formula is C24H21FN4OS. The second kappa shape index (κ2) is 9.14. The largest absolute Gasteiger partial charge is 0.322 e. The van der Waals surface area contributed by atoms with E-state index in [9.17, 15) is 9.18 Å². The molecule has 1 amide bonds. The van der Waals surface area contributed by atoms with E-state index in [-0.39, 0.29) is 11.7 Å². The molecule has 31 heavy (non-hydrogen) atoms. The van der Waals surface area contributed by atoms with E-state index in [4.69, 9.17) is 0 Å². The number of amides is 1. The van der Waals surface area contributed by atoms with Crippen molar-refractivity contribution in [3.63, 3.8) is 0 Å². The third-order valence-corrected chi connectivity index (χ3v) is 5.93. The molecule has 5 nitrogen and oxygen atoms in total. The van der Waals surface area contributed by atoms with E-state index >= 15 is 0 Å². The molecule has 0 atom stereocenters. The van der Waals surface area contributed by atoms with Gasteiger partial charge in [-0.1, -0.05) is 47.7 Å². The Bertz CT molecular complexity index is 1200. The molecule has 0 radical (unpaired) electrons. The third-order valence-electron chi connectivity index (χ3n) is 4.86. The summed E-state index contributed by atoms with van der Waals surface area (Å²) in [4.78, 5) is 12.4. The SMILES string of the molecule is Cc1ccc(C(=O)Nc2ccc(-c3nnc(SCc4ccccc4F)n3C)cc2)cc1. The van der Waals surface area contributed by atoms with E-state index in [1.807, 2.05) is 61.0 Å². The molecule has 4 rings (SSSR count). The first-order valence-corrected chi connectivity index (χ1v) is 10.7. The average Bonchev–Trinajstić information content (AvgIpc) is 3.14. The Kier molecular flexibility index (Phi) is 6.13. The van der Waals surface area contributed by atoms with Crippen LogP contribution in [0.15, 0.2) is 78.0 Å². The molecule has 3 aromatic carbocycles. The number of carbonyl (C=O) groups is 1. The van der Waals surface area contributed by atoms with Crippen molar-refractivity contribution in [2.75, 3.05) is 5.32 Å². The van der Waals surface area contributed by atoms with Gasteiger partial charge >= 0.3 is 0 Å². The Hall–Kier alpha value is -3.45. The maximum Gasteiger partial charge on any atom is 0.255 e. The predicted octanol–water partition coefficient (Wildman–Crippen LogP) is 5.47. The summed E-state index contributed by atoms with van der Waals surface area (Å²) in [5.74, 6) is 0.800. The van der Waals surface area contributed by atoms with Gasteiger partial charge in [0.2, 0.25) is 0 Å². The molecule has 0 spiro atoms. The number of nitrogens with one attached hydrogen (secondary N) is 1. The molecular weight excluding hydrogens is 411 g/mol. The second-order valence-corrected chi connectivity index (χ2v) is 8.09. The molecule has 0 aliphatic heterocycles. The van der Waals surface area contributed by atoms with E-state index in [0.29, 0.717) is 33.5 Å². The first-order valence-electron chi connectivity index (χ1n) is 9.75. The number of benzene rings is 3. The minimum atomic E-state index is -0.222. The fraction of sp³-hybridized carbons (Fsp3) is 0.125. The first kappa shape index (κ1) is 20.8. The zero-order valence-electron chi connectivity index (χ0n) is 17.2. The molecule has 0 saturated carbocycles. The summed E-state index contributed by atoms with van der Waals surface area (Å²) in [6.45, 7) is 1.98. The van der Waals surface area contributed by atoms with Crippen LogP contribution in [0.5, 0.6) is 0 Å². The molecule has 0 fully saturated rings. The van der Waals surface area contributed by atoms with Gasteiger partial charge in [-0.15, -0.1) is 10.2 Å². The van der Waals surface area contributed by atoms with Crippen LogP contribution in [0.4, 0.5) is 10.1 Å². The number of hydrogen-bond donors (Lipinski definition) is 1. The Balaban J connectivity index is 1.44. The molecule has 1 N–H and O–H groups in total. The maximum atomic E-state index is 13.8. The summed E-state index contributed by atoms with van der Waals surface area (Å²) in [7, 11) is 1.88. The van der Waals surface area contributed by atoms with E-state index in [0.717, 1.165) is 11.1 Å². The molecule has 7 heteroatoms. The zero-order chi connectivity index (χ0) is 21.8. The highest BCUT2D eigenvalue weighted by Gasteiger charge is 2.13. The van der Waals surface area contributed by atoms with Crippen LogP contribution in [0.2, 0.25) is 0 Å². The number of hydrogen-bond acceptors (Lipinski definition) is 4. The smallest absolute Gasteiger partial charge is 0.255 e. The van der Waals surface area contributed by atoms with E-state index in [1.54, 1.807) is 24.3 Å². The molecule has 0 unspecified atom stereocenters. The van der Waals surface area contributed by atoms with Gasteiger partial charge in [0.15, 0.2) is 11.0 Å².